The maximum absolute atomic E-state index is 13.2. The highest BCUT2D eigenvalue weighted by molar-refractivity contribution is 7.86. The van der Waals surface area contributed by atoms with Crippen molar-refractivity contribution in [2.75, 3.05) is 45.9 Å². The first kappa shape index (κ1) is 22.2. The van der Waals surface area contributed by atoms with E-state index in [1.54, 1.807) is 4.90 Å². The summed E-state index contributed by atoms with van der Waals surface area (Å²) in [4.78, 5) is 13.9. The summed E-state index contributed by atoms with van der Waals surface area (Å²) < 4.78 is 52.8. The number of hydrogen-bond acceptors (Lipinski definition) is 5. The van der Waals surface area contributed by atoms with Crippen LogP contribution in [0.1, 0.15) is 13.8 Å². The molecule has 1 aromatic rings. The Kier molecular flexibility index (Phi) is 7.00. The lowest BCUT2D eigenvalue weighted by atomic mass is 10.3. The van der Waals surface area contributed by atoms with Gasteiger partial charge in [0, 0.05) is 45.3 Å². The second-order valence-electron chi connectivity index (χ2n) is 7.23. The lowest BCUT2D eigenvalue weighted by Crippen LogP contribution is -2.58. The summed E-state index contributed by atoms with van der Waals surface area (Å²) in [6, 6.07) is 3.86. The Morgan fingerprint density at radius 1 is 1.17 bits per heavy atom. The van der Waals surface area contributed by atoms with Crippen molar-refractivity contribution in [1.82, 2.24) is 13.5 Å². The van der Waals surface area contributed by atoms with Gasteiger partial charge in [-0.2, -0.15) is 17.0 Å². The van der Waals surface area contributed by atoms with E-state index in [-0.39, 0.29) is 55.9 Å². The van der Waals surface area contributed by atoms with E-state index in [9.17, 15) is 17.6 Å². The Labute approximate surface area is 175 Å². The molecule has 11 heteroatoms. The molecule has 8 nitrogen and oxygen atoms in total. The van der Waals surface area contributed by atoms with Gasteiger partial charge in [-0.25, -0.2) is 4.39 Å². The van der Waals surface area contributed by atoms with Crippen molar-refractivity contribution in [2.45, 2.75) is 26.1 Å². The average molecular weight is 450 g/mol. The summed E-state index contributed by atoms with van der Waals surface area (Å²) in [5.74, 6) is -0.538. The van der Waals surface area contributed by atoms with Gasteiger partial charge in [0.15, 0.2) is 6.61 Å². The molecule has 162 valence electrons. The molecule has 2 aliphatic rings. The Morgan fingerprint density at radius 3 is 2.38 bits per heavy atom. The normalized spacial score (nSPS) is 24.5. The average Bonchev–Trinajstić information content (AvgIpc) is 2.68. The van der Waals surface area contributed by atoms with Gasteiger partial charge in [0.2, 0.25) is 0 Å². The number of nitrogens with zero attached hydrogens (tertiary/aromatic N) is 3. The van der Waals surface area contributed by atoms with E-state index < -0.39 is 16.0 Å². The summed E-state index contributed by atoms with van der Waals surface area (Å²) in [5.41, 5.74) is 0. The molecular weight excluding hydrogens is 425 g/mol. The molecule has 0 spiro atoms. The van der Waals surface area contributed by atoms with Gasteiger partial charge in [0.05, 0.1) is 17.2 Å². The number of benzene rings is 1. The molecule has 1 amide bonds. The van der Waals surface area contributed by atoms with Crippen LogP contribution in [0, 0.1) is 5.82 Å². The minimum absolute atomic E-state index is 0.0829. The zero-order valence-corrected chi connectivity index (χ0v) is 18.0. The van der Waals surface area contributed by atoms with E-state index >= 15 is 0 Å². The standard InChI is InChI=1S/C18H25ClFN3O5S/c1-13-10-23(11-14(2)28-13)29(25,26)22-7-5-21(6-8-22)18(24)12-27-15-3-4-17(20)16(19)9-15/h3-4,9,13-14H,5-8,10-12H2,1-2H3. The third-order valence-electron chi connectivity index (χ3n) is 4.88. The molecule has 2 saturated heterocycles. The molecule has 2 fully saturated rings. The molecule has 3 rings (SSSR count). The molecule has 29 heavy (non-hydrogen) atoms. The fourth-order valence-electron chi connectivity index (χ4n) is 3.45. The Bertz CT molecular complexity index is 838. The van der Waals surface area contributed by atoms with E-state index in [2.05, 4.69) is 0 Å². The van der Waals surface area contributed by atoms with Crippen molar-refractivity contribution >= 4 is 27.7 Å². The topological polar surface area (TPSA) is 79.4 Å². The molecule has 2 aliphatic heterocycles. The van der Waals surface area contributed by atoms with Gasteiger partial charge < -0.3 is 14.4 Å². The summed E-state index contributed by atoms with van der Waals surface area (Å²) >= 11 is 5.69. The number of morpholine rings is 1. The number of rotatable bonds is 5. The highest BCUT2D eigenvalue weighted by Crippen LogP contribution is 2.22. The van der Waals surface area contributed by atoms with Crippen molar-refractivity contribution in [3.05, 3.63) is 29.0 Å². The van der Waals surface area contributed by atoms with E-state index in [0.717, 1.165) is 0 Å². The Morgan fingerprint density at radius 2 is 1.79 bits per heavy atom. The van der Waals surface area contributed by atoms with Crippen LogP contribution in [0.5, 0.6) is 5.75 Å². The second kappa shape index (κ2) is 9.13. The monoisotopic (exact) mass is 449 g/mol. The number of piperazine rings is 1. The molecule has 2 unspecified atom stereocenters. The van der Waals surface area contributed by atoms with Gasteiger partial charge in [-0.3, -0.25) is 4.79 Å². The van der Waals surface area contributed by atoms with Crippen LogP contribution >= 0.6 is 11.6 Å². The van der Waals surface area contributed by atoms with Crippen molar-refractivity contribution in [1.29, 1.82) is 0 Å². The van der Waals surface area contributed by atoms with E-state index in [4.69, 9.17) is 21.1 Å². The van der Waals surface area contributed by atoms with Crippen molar-refractivity contribution < 1.29 is 27.1 Å². The van der Waals surface area contributed by atoms with Gasteiger partial charge in [0.25, 0.3) is 16.1 Å². The zero-order chi connectivity index (χ0) is 21.2. The maximum atomic E-state index is 13.2. The smallest absolute Gasteiger partial charge is 0.282 e. The van der Waals surface area contributed by atoms with Crippen LogP contribution in [0.3, 0.4) is 0 Å². The third kappa shape index (κ3) is 5.37. The van der Waals surface area contributed by atoms with E-state index in [0.29, 0.717) is 18.8 Å². The number of carbonyl (C=O) groups is 1. The molecule has 2 atom stereocenters. The lowest BCUT2D eigenvalue weighted by Gasteiger charge is -2.40. The number of amides is 1. The van der Waals surface area contributed by atoms with Gasteiger partial charge >= 0.3 is 0 Å². The molecule has 0 saturated carbocycles. The van der Waals surface area contributed by atoms with Crippen molar-refractivity contribution in [3.63, 3.8) is 0 Å². The highest BCUT2D eigenvalue weighted by atomic mass is 35.5. The molecular formula is C18H25ClFN3O5S. The fraction of sp³-hybridized carbons (Fsp3) is 0.611. The Balaban J connectivity index is 1.51. The first-order valence-electron chi connectivity index (χ1n) is 9.43. The summed E-state index contributed by atoms with van der Waals surface area (Å²) in [7, 11) is -3.60. The van der Waals surface area contributed by atoms with Crippen molar-refractivity contribution in [2.24, 2.45) is 0 Å². The number of halogens is 2. The quantitative estimate of drug-likeness (QED) is 0.678. The maximum Gasteiger partial charge on any atom is 0.282 e. The van der Waals surface area contributed by atoms with E-state index in [1.807, 2.05) is 13.8 Å². The third-order valence-corrected chi connectivity index (χ3v) is 7.14. The Hall–Kier alpha value is -1.46. The molecule has 0 N–H and O–H groups in total. The van der Waals surface area contributed by atoms with Gasteiger partial charge in [-0.15, -0.1) is 0 Å². The van der Waals surface area contributed by atoms with Crippen LogP contribution in [0.25, 0.3) is 0 Å². The van der Waals surface area contributed by atoms with Crippen LogP contribution < -0.4 is 4.74 Å². The van der Waals surface area contributed by atoms with Crippen molar-refractivity contribution in [3.8, 4) is 5.75 Å². The van der Waals surface area contributed by atoms with Gasteiger partial charge in [0.1, 0.15) is 11.6 Å². The second-order valence-corrected chi connectivity index (χ2v) is 9.56. The molecule has 0 radical (unpaired) electrons. The number of ether oxygens (including phenoxy) is 2. The highest BCUT2D eigenvalue weighted by Gasteiger charge is 2.37. The zero-order valence-electron chi connectivity index (χ0n) is 16.4. The van der Waals surface area contributed by atoms with E-state index in [1.165, 1.54) is 26.8 Å². The SMILES string of the molecule is CC1CN(S(=O)(=O)N2CCN(C(=O)COc3ccc(F)c(Cl)c3)CC2)CC(C)O1. The summed E-state index contributed by atoms with van der Waals surface area (Å²) in [6.07, 6.45) is -0.318. The molecule has 0 bridgehead atoms. The predicted octanol–water partition coefficient (Wildman–Crippen LogP) is 1.36. The molecule has 0 aliphatic carbocycles. The first-order valence-corrected chi connectivity index (χ1v) is 11.2. The minimum Gasteiger partial charge on any atom is -0.484 e. The molecule has 2 heterocycles. The number of carbonyl (C=O) groups excluding carboxylic acids is 1. The number of hydrogen-bond donors (Lipinski definition) is 0. The van der Waals surface area contributed by atoms with Crippen LogP contribution in [-0.2, 0) is 19.7 Å². The first-order chi connectivity index (χ1) is 13.7. The molecule has 0 aromatic heterocycles. The van der Waals surface area contributed by atoms with Crippen LogP contribution in [0.2, 0.25) is 5.02 Å². The minimum atomic E-state index is -3.60. The largest absolute Gasteiger partial charge is 0.484 e. The lowest BCUT2D eigenvalue weighted by molar-refractivity contribution is -0.134. The molecule has 1 aromatic carbocycles. The summed E-state index contributed by atoms with van der Waals surface area (Å²) in [5, 5.41) is -0.0829. The summed E-state index contributed by atoms with van der Waals surface area (Å²) in [6.45, 7) is 5.11. The van der Waals surface area contributed by atoms with Crippen LogP contribution in [-0.4, -0.2) is 85.9 Å². The van der Waals surface area contributed by atoms with Gasteiger partial charge in [-0.1, -0.05) is 11.6 Å². The van der Waals surface area contributed by atoms with Crippen LogP contribution in [0.15, 0.2) is 18.2 Å². The van der Waals surface area contributed by atoms with Crippen LogP contribution in [0.4, 0.5) is 4.39 Å². The fourth-order valence-corrected chi connectivity index (χ4v) is 5.37. The van der Waals surface area contributed by atoms with Gasteiger partial charge in [-0.05, 0) is 26.0 Å². The predicted molar refractivity (Wildman–Crippen MR) is 106 cm³/mol.